The molecule has 1 aliphatic heterocycles. The van der Waals surface area contributed by atoms with Gasteiger partial charge in [-0.15, -0.1) is 0 Å². The summed E-state index contributed by atoms with van der Waals surface area (Å²) in [5.41, 5.74) is 1.32. The van der Waals surface area contributed by atoms with Crippen molar-refractivity contribution in [2.24, 2.45) is 5.92 Å². The van der Waals surface area contributed by atoms with Crippen molar-refractivity contribution in [1.82, 2.24) is 5.32 Å². The monoisotopic (exact) mass is 205 g/mol. The van der Waals surface area contributed by atoms with Crippen LogP contribution in [0.1, 0.15) is 19.4 Å². The summed E-state index contributed by atoms with van der Waals surface area (Å²) >= 11 is 0. The highest BCUT2D eigenvalue weighted by Gasteiger charge is 2.18. The van der Waals surface area contributed by atoms with Gasteiger partial charge in [-0.1, -0.05) is 32.0 Å². The van der Waals surface area contributed by atoms with Crippen LogP contribution in [-0.2, 0) is 6.42 Å². The predicted octanol–water partition coefficient (Wildman–Crippen LogP) is 2.24. The highest BCUT2D eigenvalue weighted by molar-refractivity contribution is 5.35. The molecule has 1 atom stereocenters. The molecule has 0 bridgehead atoms. The highest BCUT2D eigenvalue weighted by atomic mass is 16.5. The lowest BCUT2D eigenvalue weighted by atomic mass is 10.0. The largest absolute Gasteiger partial charge is 0.492 e. The van der Waals surface area contributed by atoms with Crippen LogP contribution < -0.4 is 10.1 Å². The van der Waals surface area contributed by atoms with Gasteiger partial charge in [0.25, 0.3) is 0 Å². The van der Waals surface area contributed by atoms with Gasteiger partial charge in [-0.25, -0.2) is 0 Å². The summed E-state index contributed by atoms with van der Waals surface area (Å²) in [5.74, 6) is 1.75. The molecule has 2 heteroatoms. The van der Waals surface area contributed by atoms with Crippen LogP contribution >= 0.6 is 0 Å². The molecule has 82 valence electrons. The van der Waals surface area contributed by atoms with Gasteiger partial charge in [-0.3, -0.25) is 0 Å². The van der Waals surface area contributed by atoms with E-state index in [1.54, 1.807) is 0 Å². The minimum atomic E-state index is 0.474. The maximum Gasteiger partial charge on any atom is 0.122 e. The average molecular weight is 205 g/mol. The zero-order valence-corrected chi connectivity index (χ0v) is 9.49. The van der Waals surface area contributed by atoms with Gasteiger partial charge in [0.1, 0.15) is 12.4 Å². The zero-order valence-electron chi connectivity index (χ0n) is 9.49. The second kappa shape index (κ2) is 4.67. The first-order valence-corrected chi connectivity index (χ1v) is 5.70. The summed E-state index contributed by atoms with van der Waals surface area (Å²) in [6.07, 6.45) is 1.09. The normalized spacial score (nSPS) is 19.8. The number of para-hydroxylation sites is 1. The van der Waals surface area contributed by atoms with Crippen molar-refractivity contribution in [3.8, 4) is 5.75 Å². The van der Waals surface area contributed by atoms with E-state index in [1.165, 1.54) is 5.56 Å². The van der Waals surface area contributed by atoms with Crippen LogP contribution in [0.3, 0.4) is 0 Å². The number of hydrogen-bond acceptors (Lipinski definition) is 2. The minimum Gasteiger partial charge on any atom is -0.492 e. The van der Waals surface area contributed by atoms with Crippen LogP contribution in [0.15, 0.2) is 24.3 Å². The first-order chi connectivity index (χ1) is 7.25. The molecule has 0 radical (unpaired) electrons. The molecule has 1 heterocycles. The molecule has 15 heavy (non-hydrogen) atoms. The van der Waals surface area contributed by atoms with Crippen molar-refractivity contribution in [1.29, 1.82) is 0 Å². The Morgan fingerprint density at radius 1 is 1.40 bits per heavy atom. The van der Waals surface area contributed by atoms with Crippen LogP contribution in [0, 0.1) is 5.92 Å². The third-order valence-electron chi connectivity index (χ3n) is 2.69. The topological polar surface area (TPSA) is 21.3 Å². The van der Waals surface area contributed by atoms with Crippen molar-refractivity contribution >= 4 is 0 Å². The van der Waals surface area contributed by atoms with E-state index in [0.717, 1.165) is 25.3 Å². The summed E-state index contributed by atoms with van der Waals surface area (Å²) in [4.78, 5) is 0. The van der Waals surface area contributed by atoms with Gasteiger partial charge in [0.2, 0.25) is 0 Å². The molecule has 0 aromatic heterocycles. The van der Waals surface area contributed by atoms with Crippen molar-refractivity contribution in [2.75, 3.05) is 13.2 Å². The van der Waals surface area contributed by atoms with E-state index in [0.29, 0.717) is 12.0 Å². The summed E-state index contributed by atoms with van der Waals surface area (Å²) in [7, 11) is 0. The molecule has 2 nitrogen and oxygen atoms in total. The Bertz CT molecular complexity index is 322. The molecular weight excluding hydrogens is 186 g/mol. The highest BCUT2D eigenvalue weighted by Crippen LogP contribution is 2.23. The van der Waals surface area contributed by atoms with Crippen molar-refractivity contribution in [2.45, 2.75) is 26.3 Å². The number of ether oxygens (including phenoxy) is 1. The van der Waals surface area contributed by atoms with Gasteiger partial charge >= 0.3 is 0 Å². The van der Waals surface area contributed by atoms with E-state index in [-0.39, 0.29) is 0 Å². The average Bonchev–Trinajstić information content (AvgIpc) is 2.26. The third kappa shape index (κ3) is 2.72. The van der Waals surface area contributed by atoms with Crippen molar-refractivity contribution < 1.29 is 4.74 Å². The van der Waals surface area contributed by atoms with E-state index >= 15 is 0 Å². The molecular formula is C13H19NO. The lowest BCUT2D eigenvalue weighted by Crippen LogP contribution is -2.40. The Balaban J connectivity index is 1.94. The summed E-state index contributed by atoms with van der Waals surface area (Å²) < 4.78 is 5.71. The number of nitrogens with one attached hydrogen (secondary N) is 1. The summed E-state index contributed by atoms with van der Waals surface area (Å²) in [6, 6.07) is 8.78. The maximum absolute atomic E-state index is 5.71. The Kier molecular flexibility index (Phi) is 3.27. The molecule has 2 rings (SSSR count). The van der Waals surface area contributed by atoms with Crippen LogP contribution in [0.2, 0.25) is 0 Å². The second-order valence-electron chi connectivity index (χ2n) is 4.62. The van der Waals surface area contributed by atoms with Gasteiger partial charge in [-0.05, 0) is 30.5 Å². The fourth-order valence-corrected chi connectivity index (χ4v) is 1.86. The zero-order chi connectivity index (χ0) is 10.7. The molecule has 1 aromatic carbocycles. The smallest absolute Gasteiger partial charge is 0.122 e. The molecule has 0 saturated carbocycles. The fourth-order valence-electron chi connectivity index (χ4n) is 1.86. The van der Waals surface area contributed by atoms with E-state index < -0.39 is 0 Å². The molecule has 1 aromatic rings. The molecule has 0 saturated heterocycles. The van der Waals surface area contributed by atoms with Gasteiger partial charge in [-0.2, -0.15) is 0 Å². The second-order valence-corrected chi connectivity index (χ2v) is 4.62. The number of fused-ring (bicyclic) bond motifs is 1. The minimum absolute atomic E-state index is 0.474. The lowest BCUT2D eigenvalue weighted by Gasteiger charge is -2.26. The van der Waals surface area contributed by atoms with Gasteiger partial charge in [0, 0.05) is 6.04 Å². The Morgan fingerprint density at radius 2 is 2.20 bits per heavy atom. The Hall–Kier alpha value is -1.02. The van der Waals surface area contributed by atoms with Crippen LogP contribution in [0.4, 0.5) is 0 Å². The predicted molar refractivity (Wildman–Crippen MR) is 62.3 cm³/mol. The first kappa shape index (κ1) is 10.5. The first-order valence-electron chi connectivity index (χ1n) is 5.70. The number of rotatable bonds is 3. The standard InChI is InChI=1S/C13H19NO/c1-10(2)8-14-12-7-11-5-3-4-6-13(11)15-9-12/h3-6,10,12,14H,7-9H2,1-2H3/t12-/m1/s1. The van der Waals surface area contributed by atoms with Crippen LogP contribution in [0.5, 0.6) is 5.75 Å². The molecule has 0 amide bonds. The SMILES string of the molecule is CC(C)CN[C@H]1COc2ccccc2C1. The fraction of sp³-hybridized carbons (Fsp3) is 0.538. The lowest BCUT2D eigenvalue weighted by molar-refractivity contribution is 0.235. The van der Waals surface area contributed by atoms with Gasteiger partial charge < -0.3 is 10.1 Å². The molecule has 0 fully saturated rings. The van der Waals surface area contributed by atoms with E-state index in [1.807, 2.05) is 12.1 Å². The van der Waals surface area contributed by atoms with E-state index in [2.05, 4.69) is 31.3 Å². The van der Waals surface area contributed by atoms with Crippen molar-refractivity contribution in [3.63, 3.8) is 0 Å². The summed E-state index contributed by atoms with van der Waals surface area (Å²) in [5, 5.41) is 3.54. The summed E-state index contributed by atoms with van der Waals surface area (Å²) in [6.45, 7) is 6.31. The van der Waals surface area contributed by atoms with Crippen LogP contribution in [-0.4, -0.2) is 19.2 Å². The molecule has 1 aliphatic rings. The molecule has 1 N–H and O–H groups in total. The molecule has 0 spiro atoms. The van der Waals surface area contributed by atoms with Crippen LogP contribution in [0.25, 0.3) is 0 Å². The quantitative estimate of drug-likeness (QED) is 0.817. The number of benzene rings is 1. The maximum atomic E-state index is 5.71. The van der Waals surface area contributed by atoms with Gasteiger partial charge in [0.05, 0.1) is 0 Å². The number of hydrogen-bond donors (Lipinski definition) is 1. The van der Waals surface area contributed by atoms with E-state index in [4.69, 9.17) is 4.74 Å². The Morgan fingerprint density at radius 3 is 3.00 bits per heavy atom. The van der Waals surface area contributed by atoms with Crippen molar-refractivity contribution in [3.05, 3.63) is 29.8 Å². The molecule has 0 aliphatic carbocycles. The van der Waals surface area contributed by atoms with E-state index in [9.17, 15) is 0 Å². The molecule has 0 unspecified atom stereocenters. The Labute approximate surface area is 91.6 Å². The third-order valence-corrected chi connectivity index (χ3v) is 2.69. The van der Waals surface area contributed by atoms with Gasteiger partial charge in [0.15, 0.2) is 0 Å².